The second-order valence-corrected chi connectivity index (χ2v) is 2.90. The van der Waals surface area contributed by atoms with Gasteiger partial charge < -0.3 is 5.32 Å². The molecule has 2 N–H and O–H groups in total. The van der Waals surface area contributed by atoms with E-state index in [4.69, 9.17) is 0 Å². The molecule has 0 aromatic carbocycles. The van der Waals surface area contributed by atoms with E-state index in [0.29, 0.717) is 5.56 Å². The van der Waals surface area contributed by atoms with Crippen LogP contribution in [0.15, 0.2) is 24.5 Å². The Morgan fingerprint density at radius 3 is 2.77 bits per heavy atom. The fourth-order valence-electron chi connectivity index (χ4n) is 1.02. The maximum atomic E-state index is 11.4. The van der Waals surface area contributed by atoms with E-state index in [2.05, 4.69) is 17.2 Å². The lowest BCUT2D eigenvalue weighted by Crippen LogP contribution is -2.24. The first-order chi connectivity index (χ1) is 6.34. The van der Waals surface area contributed by atoms with E-state index in [-0.39, 0.29) is 5.91 Å². The Hall–Kier alpha value is -1.38. The number of rotatable bonds is 4. The standard InChI is InChI=1S/C10H14N2O/c1-2-3-6-12-10(13)9-4-7-11-8-5-9/h4-5,7-8H,2-3,6H2,1H3,(H,12,13)/p+1. The molecule has 1 aromatic heterocycles. The van der Waals surface area contributed by atoms with Gasteiger partial charge in [-0.1, -0.05) is 13.3 Å². The number of aromatic amines is 1. The number of carbonyl (C=O) groups is 1. The number of amides is 1. The number of hydrogen-bond acceptors (Lipinski definition) is 1. The molecule has 0 saturated carbocycles. The third-order valence-electron chi connectivity index (χ3n) is 1.80. The Labute approximate surface area is 78.2 Å². The summed E-state index contributed by atoms with van der Waals surface area (Å²) in [5, 5.41) is 2.85. The number of unbranched alkanes of at least 4 members (excludes halogenated alkanes) is 1. The van der Waals surface area contributed by atoms with Crippen molar-refractivity contribution < 1.29 is 9.78 Å². The van der Waals surface area contributed by atoms with E-state index in [1.54, 1.807) is 24.5 Å². The molecule has 0 aliphatic heterocycles. The Morgan fingerprint density at radius 1 is 1.46 bits per heavy atom. The highest BCUT2D eigenvalue weighted by molar-refractivity contribution is 5.93. The highest BCUT2D eigenvalue weighted by atomic mass is 16.1. The molecular weight excluding hydrogens is 164 g/mol. The molecule has 1 amide bonds. The number of carbonyl (C=O) groups excluding carboxylic acids is 1. The molecule has 1 heterocycles. The first-order valence-corrected chi connectivity index (χ1v) is 4.59. The van der Waals surface area contributed by atoms with Crippen LogP contribution in [-0.4, -0.2) is 12.5 Å². The molecule has 0 saturated heterocycles. The van der Waals surface area contributed by atoms with Crippen LogP contribution in [0.1, 0.15) is 30.1 Å². The van der Waals surface area contributed by atoms with E-state index < -0.39 is 0 Å². The van der Waals surface area contributed by atoms with Gasteiger partial charge in [0, 0.05) is 18.7 Å². The van der Waals surface area contributed by atoms with E-state index in [0.717, 1.165) is 19.4 Å². The van der Waals surface area contributed by atoms with Gasteiger partial charge in [0.1, 0.15) is 0 Å². The molecule has 0 radical (unpaired) electrons. The summed E-state index contributed by atoms with van der Waals surface area (Å²) in [5.74, 6) is 0.00227. The quantitative estimate of drug-likeness (QED) is 0.689. The maximum Gasteiger partial charge on any atom is 0.251 e. The average molecular weight is 179 g/mol. The zero-order valence-electron chi connectivity index (χ0n) is 7.84. The van der Waals surface area contributed by atoms with Crippen LogP contribution in [0.25, 0.3) is 0 Å². The van der Waals surface area contributed by atoms with Gasteiger partial charge in [0.25, 0.3) is 5.91 Å². The largest absolute Gasteiger partial charge is 0.352 e. The zero-order chi connectivity index (χ0) is 9.52. The van der Waals surface area contributed by atoms with Crippen LogP contribution in [0, 0.1) is 0 Å². The number of nitrogens with one attached hydrogen (secondary N) is 2. The van der Waals surface area contributed by atoms with Gasteiger partial charge in [-0.3, -0.25) is 4.79 Å². The van der Waals surface area contributed by atoms with Crippen LogP contribution in [0.3, 0.4) is 0 Å². The highest BCUT2D eigenvalue weighted by Crippen LogP contribution is 1.93. The Kier molecular flexibility index (Phi) is 3.96. The van der Waals surface area contributed by atoms with Gasteiger partial charge in [-0.25, -0.2) is 4.98 Å². The molecule has 0 fully saturated rings. The van der Waals surface area contributed by atoms with Gasteiger partial charge in [-0.2, -0.15) is 0 Å². The van der Waals surface area contributed by atoms with Crippen LogP contribution in [0.5, 0.6) is 0 Å². The smallest absolute Gasteiger partial charge is 0.251 e. The second kappa shape index (κ2) is 5.30. The second-order valence-electron chi connectivity index (χ2n) is 2.90. The monoisotopic (exact) mass is 179 g/mol. The molecule has 0 atom stereocenters. The number of aromatic nitrogens is 1. The van der Waals surface area contributed by atoms with Crippen molar-refractivity contribution in [2.45, 2.75) is 19.8 Å². The number of H-pyrrole nitrogens is 1. The minimum Gasteiger partial charge on any atom is -0.352 e. The predicted molar refractivity (Wildman–Crippen MR) is 50.2 cm³/mol. The van der Waals surface area contributed by atoms with E-state index in [1.165, 1.54) is 0 Å². The summed E-state index contributed by atoms with van der Waals surface area (Å²) in [6, 6.07) is 3.53. The molecule has 13 heavy (non-hydrogen) atoms. The minimum absolute atomic E-state index is 0.00227. The lowest BCUT2D eigenvalue weighted by atomic mass is 10.2. The summed E-state index contributed by atoms with van der Waals surface area (Å²) in [5.41, 5.74) is 0.704. The Bertz CT molecular complexity index is 259. The zero-order valence-corrected chi connectivity index (χ0v) is 7.84. The lowest BCUT2D eigenvalue weighted by molar-refractivity contribution is -0.378. The summed E-state index contributed by atoms with van der Waals surface area (Å²) >= 11 is 0. The van der Waals surface area contributed by atoms with E-state index >= 15 is 0 Å². The molecule has 0 unspecified atom stereocenters. The minimum atomic E-state index is 0.00227. The number of hydrogen-bond donors (Lipinski definition) is 1. The van der Waals surface area contributed by atoms with Crippen LogP contribution < -0.4 is 10.3 Å². The Balaban J connectivity index is 2.40. The van der Waals surface area contributed by atoms with Gasteiger partial charge in [-0.15, -0.1) is 0 Å². The number of pyridine rings is 1. The van der Waals surface area contributed by atoms with E-state index in [9.17, 15) is 4.79 Å². The topological polar surface area (TPSA) is 43.2 Å². The summed E-state index contributed by atoms with van der Waals surface area (Å²) in [6.07, 6.45) is 5.62. The molecule has 1 aromatic rings. The van der Waals surface area contributed by atoms with E-state index in [1.807, 2.05) is 0 Å². The third-order valence-corrected chi connectivity index (χ3v) is 1.80. The molecule has 0 bridgehead atoms. The van der Waals surface area contributed by atoms with Crippen LogP contribution in [0.4, 0.5) is 0 Å². The summed E-state index contributed by atoms with van der Waals surface area (Å²) in [7, 11) is 0. The van der Waals surface area contributed by atoms with Crippen molar-refractivity contribution in [3.05, 3.63) is 30.1 Å². The third kappa shape index (κ3) is 3.23. The molecule has 0 spiro atoms. The van der Waals surface area contributed by atoms with Crippen LogP contribution in [0.2, 0.25) is 0 Å². The van der Waals surface area contributed by atoms with Gasteiger partial charge >= 0.3 is 0 Å². The van der Waals surface area contributed by atoms with Gasteiger partial charge in [0.2, 0.25) is 0 Å². The normalized spacial score (nSPS) is 9.62. The van der Waals surface area contributed by atoms with Crippen molar-refractivity contribution in [2.24, 2.45) is 0 Å². The van der Waals surface area contributed by atoms with Gasteiger partial charge in [0.05, 0.1) is 5.56 Å². The molecule has 3 nitrogen and oxygen atoms in total. The van der Waals surface area contributed by atoms with Crippen LogP contribution in [-0.2, 0) is 0 Å². The molecule has 3 heteroatoms. The van der Waals surface area contributed by atoms with Crippen molar-refractivity contribution in [1.82, 2.24) is 5.32 Å². The van der Waals surface area contributed by atoms with Crippen molar-refractivity contribution in [1.29, 1.82) is 0 Å². The first-order valence-electron chi connectivity index (χ1n) is 4.59. The summed E-state index contributed by atoms with van der Waals surface area (Å²) < 4.78 is 0. The first kappa shape index (κ1) is 9.71. The van der Waals surface area contributed by atoms with Gasteiger partial charge in [-0.05, 0) is 6.42 Å². The molecule has 0 aliphatic carbocycles. The fourth-order valence-corrected chi connectivity index (χ4v) is 1.02. The lowest BCUT2D eigenvalue weighted by Gasteiger charge is -2.01. The summed E-state index contributed by atoms with van der Waals surface area (Å²) in [6.45, 7) is 2.86. The SMILES string of the molecule is CCCCNC(=O)c1cc[nH+]cc1. The Morgan fingerprint density at radius 2 is 2.15 bits per heavy atom. The van der Waals surface area contributed by atoms with Gasteiger partial charge in [0.15, 0.2) is 12.4 Å². The molecule has 0 aliphatic rings. The van der Waals surface area contributed by atoms with Crippen molar-refractivity contribution in [3.8, 4) is 0 Å². The predicted octanol–water partition coefficient (Wildman–Crippen LogP) is 1.03. The van der Waals surface area contributed by atoms with Crippen LogP contribution >= 0.6 is 0 Å². The summed E-state index contributed by atoms with van der Waals surface area (Å²) in [4.78, 5) is 14.3. The average Bonchev–Trinajstić information content (AvgIpc) is 2.19. The highest BCUT2D eigenvalue weighted by Gasteiger charge is 2.03. The molecule has 70 valence electrons. The van der Waals surface area contributed by atoms with Crippen molar-refractivity contribution in [3.63, 3.8) is 0 Å². The maximum absolute atomic E-state index is 11.4. The molecular formula is C10H15N2O+. The van der Waals surface area contributed by atoms with Crippen molar-refractivity contribution in [2.75, 3.05) is 6.54 Å². The molecule has 1 rings (SSSR count). The fraction of sp³-hybridized carbons (Fsp3) is 0.400. The van der Waals surface area contributed by atoms with Crippen molar-refractivity contribution >= 4 is 5.91 Å².